The summed E-state index contributed by atoms with van der Waals surface area (Å²) < 4.78 is 0. The van der Waals surface area contributed by atoms with Crippen molar-refractivity contribution in [2.45, 2.75) is 85.9 Å². The summed E-state index contributed by atoms with van der Waals surface area (Å²) in [6, 6.07) is 0.107. The first kappa shape index (κ1) is 21.5. The molecule has 1 saturated heterocycles. The Morgan fingerprint density at radius 2 is 1.56 bits per heavy atom. The number of carbonyl (C=O) groups is 3. The van der Waals surface area contributed by atoms with Gasteiger partial charge in [0.2, 0.25) is 17.7 Å². The summed E-state index contributed by atoms with van der Waals surface area (Å²) >= 11 is 0. The standard InChI is InChI=1S/C19H35N3O3/c1-13(2)20-16(23)9-8-10-17(24)22-14(3)11-21(12-15(22)4)18(25)19(5,6)7/h13-15H,8-12H2,1-7H3,(H,20,23)/t14-,15+. The summed E-state index contributed by atoms with van der Waals surface area (Å²) in [6.07, 6.45) is 1.29. The maximum Gasteiger partial charge on any atom is 0.228 e. The normalized spacial score (nSPS) is 21.4. The van der Waals surface area contributed by atoms with Gasteiger partial charge >= 0.3 is 0 Å². The zero-order chi connectivity index (χ0) is 19.4. The Kier molecular flexibility index (Phi) is 7.44. The second kappa shape index (κ2) is 8.68. The molecule has 0 aromatic carbocycles. The Labute approximate surface area is 152 Å². The molecule has 0 aromatic heterocycles. The van der Waals surface area contributed by atoms with Crippen LogP contribution in [-0.4, -0.2) is 58.7 Å². The second-order valence-electron chi connectivity index (χ2n) is 8.53. The summed E-state index contributed by atoms with van der Waals surface area (Å²) in [5.41, 5.74) is -0.407. The number of hydrogen-bond donors (Lipinski definition) is 1. The van der Waals surface area contributed by atoms with Gasteiger partial charge in [-0.2, -0.15) is 0 Å². The molecule has 1 heterocycles. The molecule has 0 aliphatic carbocycles. The molecule has 2 atom stereocenters. The molecule has 0 aromatic rings. The van der Waals surface area contributed by atoms with Gasteiger partial charge in [-0.3, -0.25) is 14.4 Å². The molecule has 0 radical (unpaired) electrons. The van der Waals surface area contributed by atoms with E-state index in [1.54, 1.807) is 0 Å². The van der Waals surface area contributed by atoms with Crippen LogP contribution in [0.3, 0.4) is 0 Å². The van der Waals surface area contributed by atoms with Gasteiger partial charge < -0.3 is 15.1 Å². The van der Waals surface area contributed by atoms with Gasteiger partial charge in [-0.1, -0.05) is 20.8 Å². The number of nitrogens with one attached hydrogen (secondary N) is 1. The third-order valence-electron chi connectivity index (χ3n) is 4.38. The van der Waals surface area contributed by atoms with Crippen LogP contribution >= 0.6 is 0 Å². The van der Waals surface area contributed by atoms with Gasteiger partial charge in [0, 0.05) is 49.5 Å². The molecule has 0 bridgehead atoms. The van der Waals surface area contributed by atoms with E-state index in [1.165, 1.54) is 0 Å². The Morgan fingerprint density at radius 1 is 1.04 bits per heavy atom. The van der Waals surface area contributed by atoms with Crippen molar-refractivity contribution in [2.75, 3.05) is 13.1 Å². The fourth-order valence-electron chi connectivity index (χ4n) is 3.38. The van der Waals surface area contributed by atoms with Crippen molar-refractivity contribution < 1.29 is 14.4 Å². The van der Waals surface area contributed by atoms with Gasteiger partial charge in [0.05, 0.1) is 0 Å². The van der Waals surface area contributed by atoms with Crippen LogP contribution in [-0.2, 0) is 14.4 Å². The average Bonchev–Trinajstić information content (AvgIpc) is 2.43. The molecule has 25 heavy (non-hydrogen) atoms. The Morgan fingerprint density at radius 3 is 2.00 bits per heavy atom. The molecule has 1 N–H and O–H groups in total. The van der Waals surface area contributed by atoms with E-state index in [4.69, 9.17) is 0 Å². The maximum atomic E-state index is 12.6. The predicted octanol–water partition coefficient (Wildman–Crippen LogP) is 2.18. The molecule has 6 nitrogen and oxygen atoms in total. The van der Waals surface area contributed by atoms with E-state index in [-0.39, 0.29) is 35.8 Å². The van der Waals surface area contributed by atoms with Crippen molar-refractivity contribution in [2.24, 2.45) is 5.41 Å². The van der Waals surface area contributed by atoms with E-state index in [0.29, 0.717) is 32.4 Å². The molecule has 1 aliphatic heterocycles. The van der Waals surface area contributed by atoms with E-state index in [1.807, 2.05) is 58.3 Å². The number of carbonyl (C=O) groups excluding carboxylic acids is 3. The molecule has 6 heteroatoms. The molecular formula is C19H35N3O3. The Balaban J connectivity index is 2.55. The summed E-state index contributed by atoms with van der Waals surface area (Å²) in [7, 11) is 0. The van der Waals surface area contributed by atoms with Gasteiger partial charge in [-0.05, 0) is 34.1 Å². The lowest BCUT2D eigenvalue weighted by Crippen LogP contribution is -2.61. The number of amides is 3. The van der Waals surface area contributed by atoms with E-state index in [0.717, 1.165) is 0 Å². The quantitative estimate of drug-likeness (QED) is 0.823. The lowest BCUT2D eigenvalue weighted by atomic mass is 9.93. The third-order valence-corrected chi connectivity index (χ3v) is 4.38. The van der Waals surface area contributed by atoms with Crippen LogP contribution in [0.2, 0.25) is 0 Å². The summed E-state index contributed by atoms with van der Waals surface area (Å²) in [5.74, 6) is 0.188. The zero-order valence-electron chi connectivity index (χ0n) is 16.9. The molecule has 144 valence electrons. The van der Waals surface area contributed by atoms with E-state index < -0.39 is 5.41 Å². The number of piperazine rings is 1. The minimum absolute atomic E-state index is 0.00737. The Hall–Kier alpha value is -1.59. The van der Waals surface area contributed by atoms with Gasteiger partial charge in [0.15, 0.2) is 0 Å². The number of rotatable bonds is 5. The van der Waals surface area contributed by atoms with Crippen LogP contribution in [0.5, 0.6) is 0 Å². The highest BCUT2D eigenvalue weighted by molar-refractivity contribution is 5.83. The molecule has 1 fully saturated rings. The third kappa shape index (κ3) is 6.33. The molecular weight excluding hydrogens is 318 g/mol. The minimum atomic E-state index is -0.407. The molecule has 1 aliphatic rings. The van der Waals surface area contributed by atoms with Crippen LogP contribution in [0.25, 0.3) is 0 Å². The monoisotopic (exact) mass is 353 g/mol. The molecule has 0 saturated carbocycles. The van der Waals surface area contributed by atoms with Crippen LogP contribution in [0, 0.1) is 5.41 Å². The smallest absolute Gasteiger partial charge is 0.228 e. The van der Waals surface area contributed by atoms with Gasteiger partial charge in [0.1, 0.15) is 0 Å². The molecule has 0 spiro atoms. The highest BCUT2D eigenvalue weighted by Crippen LogP contribution is 2.23. The van der Waals surface area contributed by atoms with E-state index >= 15 is 0 Å². The van der Waals surface area contributed by atoms with Crippen LogP contribution in [0.1, 0.15) is 67.7 Å². The first-order valence-electron chi connectivity index (χ1n) is 9.33. The number of nitrogens with zero attached hydrogens (tertiary/aromatic N) is 2. The van der Waals surface area contributed by atoms with Crippen molar-refractivity contribution in [1.82, 2.24) is 15.1 Å². The lowest BCUT2D eigenvalue weighted by Gasteiger charge is -2.46. The topological polar surface area (TPSA) is 69.7 Å². The average molecular weight is 354 g/mol. The van der Waals surface area contributed by atoms with E-state index in [9.17, 15) is 14.4 Å². The predicted molar refractivity (Wildman–Crippen MR) is 98.9 cm³/mol. The van der Waals surface area contributed by atoms with Crippen LogP contribution in [0.4, 0.5) is 0 Å². The minimum Gasteiger partial charge on any atom is -0.354 e. The first-order valence-corrected chi connectivity index (χ1v) is 9.33. The molecule has 0 unspecified atom stereocenters. The van der Waals surface area contributed by atoms with Crippen molar-refractivity contribution >= 4 is 17.7 Å². The van der Waals surface area contributed by atoms with Gasteiger partial charge in [0.25, 0.3) is 0 Å². The summed E-state index contributed by atoms with van der Waals surface area (Å²) in [6.45, 7) is 14.7. The number of hydrogen-bond acceptors (Lipinski definition) is 3. The molecule has 1 rings (SSSR count). The van der Waals surface area contributed by atoms with Crippen molar-refractivity contribution in [3.8, 4) is 0 Å². The fourth-order valence-corrected chi connectivity index (χ4v) is 3.38. The largest absolute Gasteiger partial charge is 0.354 e. The van der Waals surface area contributed by atoms with Crippen LogP contribution < -0.4 is 5.32 Å². The second-order valence-corrected chi connectivity index (χ2v) is 8.53. The zero-order valence-corrected chi connectivity index (χ0v) is 16.9. The van der Waals surface area contributed by atoms with Crippen molar-refractivity contribution in [1.29, 1.82) is 0 Å². The lowest BCUT2D eigenvalue weighted by molar-refractivity contribution is -0.150. The van der Waals surface area contributed by atoms with E-state index in [2.05, 4.69) is 5.32 Å². The molecule has 3 amide bonds. The van der Waals surface area contributed by atoms with Crippen molar-refractivity contribution in [3.05, 3.63) is 0 Å². The maximum absolute atomic E-state index is 12.6. The van der Waals surface area contributed by atoms with Crippen molar-refractivity contribution in [3.63, 3.8) is 0 Å². The van der Waals surface area contributed by atoms with Gasteiger partial charge in [-0.15, -0.1) is 0 Å². The Bertz CT molecular complexity index is 485. The SMILES string of the molecule is CC(C)NC(=O)CCCC(=O)N1[C@H](C)CN(C(=O)C(C)(C)C)C[C@@H]1C. The fraction of sp³-hybridized carbons (Fsp3) is 0.842. The summed E-state index contributed by atoms with van der Waals surface area (Å²) in [5, 5.41) is 2.84. The summed E-state index contributed by atoms with van der Waals surface area (Å²) in [4.78, 5) is 40.5. The highest BCUT2D eigenvalue weighted by atomic mass is 16.2. The van der Waals surface area contributed by atoms with Crippen LogP contribution in [0.15, 0.2) is 0 Å². The first-order chi connectivity index (χ1) is 11.4. The van der Waals surface area contributed by atoms with Gasteiger partial charge in [-0.25, -0.2) is 0 Å². The highest BCUT2D eigenvalue weighted by Gasteiger charge is 2.37.